The zero-order valence-corrected chi connectivity index (χ0v) is 16.7. The van der Waals surface area contributed by atoms with E-state index in [1.54, 1.807) is 6.07 Å². The molecule has 1 aliphatic carbocycles. The summed E-state index contributed by atoms with van der Waals surface area (Å²) in [5, 5.41) is 3.13. The molecule has 1 heterocycles. The number of benzene rings is 1. The summed E-state index contributed by atoms with van der Waals surface area (Å²) in [6, 6.07) is 4.95. The summed E-state index contributed by atoms with van der Waals surface area (Å²) in [4.78, 5) is 31.1. The summed E-state index contributed by atoms with van der Waals surface area (Å²) in [6.45, 7) is 0. The van der Waals surface area contributed by atoms with Gasteiger partial charge in [-0.1, -0.05) is 59.8 Å². The summed E-state index contributed by atoms with van der Waals surface area (Å²) in [5.74, 6) is -1.67. The first kappa shape index (κ1) is 20.3. The van der Waals surface area contributed by atoms with Crippen molar-refractivity contribution < 1.29 is 14.0 Å². The quantitative estimate of drug-likeness (QED) is 0.577. The van der Waals surface area contributed by atoms with E-state index in [9.17, 15) is 14.0 Å². The first-order valence-electron chi connectivity index (χ1n) is 8.47. The molecule has 2 fully saturated rings. The van der Waals surface area contributed by atoms with Gasteiger partial charge in [-0.3, -0.25) is 15.0 Å². The third kappa shape index (κ3) is 4.21. The monoisotopic (exact) mass is 434 g/mol. The Morgan fingerprint density at radius 2 is 1.85 bits per heavy atom. The van der Waals surface area contributed by atoms with E-state index in [0.717, 1.165) is 35.5 Å². The normalized spacial score (nSPS) is 21.6. The average Bonchev–Trinajstić information content (AvgIpc) is 3.18. The minimum absolute atomic E-state index is 0.0850. The van der Waals surface area contributed by atoms with Crippen molar-refractivity contribution in [3.8, 4) is 0 Å². The fraction of sp³-hybridized carbons (Fsp3) is 0.471. The highest BCUT2D eigenvalue weighted by atomic mass is 35.6. The Bertz CT molecular complexity index is 778. The number of imide groups is 1. The first-order valence-corrected chi connectivity index (χ1v) is 9.60. The van der Waals surface area contributed by atoms with Crippen LogP contribution >= 0.6 is 34.8 Å². The van der Waals surface area contributed by atoms with Gasteiger partial charge in [0.25, 0.3) is 5.91 Å². The zero-order chi connectivity index (χ0) is 19.8. The number of nitrogens with one attached hydrogen (secondary N) is 1. The van der Waals surface area contributed by atoms with Crippen molar-refractivity contribution in [3.05, 3.63) is 30.1 Å². The van der Waals surface area contributed by atoms with Gasteiger partial charge in [-0.25, -0.2) is 19.1 Å². The number of amidine groups is 1. The molecule has 0 radical (unpaired) electrons. The number of alkyl halides is 3. The van der Waals surface area contributed by atoms with Crippen LogP contribution < -0.4 is 10.2 Å². The number of nitrogens with zero attached hydrogens (tertiary/aromatic N) is 3. The Kier molecular flexibility index (Phi) is 5.96. The zero-order valence-electron chi connectivity index (χ0n) is 14.5. The number of rotatable bonds is 4. The lowest BCUT2D eigenvalue weighted by molar-refractivity contribution is -0.119. The van der Waals surface area contributed by atoms with Crippen molar-refractivity contribution in [1.29, 1.82) is 0 Å². The standard InChI is InChI=1S/C17H18Cl3FN4O2/c1-24-14(26)13(25(16(24)27)12-9-5-4-8-11(12)21)23-15(17(18,19)20)22-10-6-2-3-7-10/h4-5,8-10,15,22H,2-3,6-7H2,1H3. The van der Waals surface area contributed by atoms with E-state index in [1.807, 2.05) is 0 Å². The van der Waals surface area contributed by atoms with E-state index < -0.39 is 27.7 Å². The van der Waals surface area contributed by atoms with Crippen molar-refractivity contribution in [1.82, 2.24) is 10.2 Å². The molecule has 2 aliphatic rings. The van der Waals surface area contributed by atoms with Crippen LogP contribution in [-0.2, 0) is 4.79 Å². The number of carbonyl (C=O) groups excluding carboxylic acids is 2. The molecule has 10 heteroatoms. The van der Waals surface area contributed by atoms with Gasteiger partial charge >= 0.3 is 6.03 Å². The van der Waals surface area contributed by atoms with E-state index in [4.69, 9.17) is 34.8 Å². The van der Waals surface area contributed by atoms with E-state index in [-0.39, 0.29) is 17.6 Å². The SMILES string of the molecule is CN1C(=O)C(=NC(NC2CCCC2)C(Cl)(Cl)Cl)N(c2ccccc2F)C1=O. The second kappa shape index (κ2) is 7.91. The van der Waals surface area contributed by atoms with Crippen molar-refractivity contribution in [3.63, 3.8) is 0 Å². The maximum Gasteiger partial charge on any atom is 0.337 e. The third-order valence-electron chi connectivity index (χ3n) is 4.59. The van der Waals surface area contributed by atoms with Crippen LogP contribution in [0.4, 0.5) is 14.9 Å². The molecular formula is C17H18Cl3FN4O2. The molecule has 1 aromatic rings. The van der Waals surface area contributed by atoms with E-state index in [1.165, 1.54) is 25.2 Å². The molecule has 1 unspecified atom stereocenters. The van der Waals surface area contributed by atoms with Crippen LogP contribution in [0.25, 0.3) is 0 Å². The summed E-state index contributed by atoms with van der Waals surface area (Å²) in [6.07, 6.45) is 2.81. The highest BCUT2D eigenvalue weighted by molar-refractivity contribution is 6.68. The van der Waals surface area contributed by atoms with E-state index >= 15 is 0 Å². The van der Waals surface area contributed by atoms with Crippen LogP contribution in [0.3, 0.4) is 0 Å². The smallest absolute Gasteiger partial charge is 0.289 e. The van der Waals surface area contributed by atoms with Crippen LogP contribution in [0.1, 0.15) is 25.7 Å². The summed E-state index contributed by atoms with van der Waals surface area (Å²) >= 11 is 18.2. The number of halogens is 4. The molecule has 146 valence electrons. The molecule has 1 N–H and O–H groups in total. The molecule has 1 aliphatic heterocycles. The predicted molar refractivity (Wildman–Crippen MR) is 104 cm³/mol. The largest absolute Gasteiger partial charge is 0.337 e. The van der Waals surface area contributed by atoms with Crippen LogP contribution in [0, 0.1) is 5.82 Å². The lowest BCUT2D eigenvalue weighted by Crippen LogP contribution is -2.46. The van der Waals surface area contributed by atoms with Gasteiger partial charge < -0.3 is 0 Å². The van der Waals surface area contributed by atoms with Gasteiger partial charge in [0.1, 0.15) is 12.0 Å². The van der Waals surface area contributed by atoms with Gasteiger partial charge in [0, 0.05) is 13.1 Å². The van der Waals surface area contributed by atoms with Gasteiger partial charge in [-0.15, -0.1) is 0 Å². The molecule has 0 spiro atoms. The topological polar surface area (TPSA) is 65.0 Å². The Labute approximate surface area is 171 Å². The molecule has 6 nitrogen and oxygen atoms in total. The molecule has 27 heavy (non-hydrogen) atoms. The minimum atomic E-state index is -1.86. The lowest BCUT2D eigenvalue weighted by Gasteiger charge is -2.26. The molecule has 0 bridgehead atoms. The Balaban J connectivity index is 2.01. The summed E-state index contributed by atoms with van der Waals surface area (Å²) in [5.41, 5.74) is -0.0946. The van der Waals surface area contributed by atoms with Crippen LogP contribution in [0.5, 0.6) is 0 Å². The molecule has 0 aromatic heterocycles. The Morgan fingerprint density at radius 3 is 2.44 bits per heavy atom. The number of aliphatic imine (C=N–C) groups is 1. The maximum atomic E-state index is 14.3. The summed E-state index contributed by atoms with van der Waals surface area (Å²) in [7, 11) is 1.29. The average molecular weight is 436 g/mol. The van der Waals surface area contributed by atoms with Crippen molar-refractivity contribution in [2.45, 2.75) is 41.7 Å². The van der Waals surface area contributed by atoms with Gasteiger partial charge in [-0.2, -0.15) is 0 Å². The second-order valence-electron chi connectivity index (χ2n) is 6.48. The van der Waals surface area contributed by atoms with Crippen molar-refractivity contribution in [2.24, 2.45) is 4.99 Å². The van der Waals surface area contributed by atoms with Gasteiger partial charge in [0.15, 0.2) is 0 Å². The fourth-order valence-corrected chi connectivity index (χ4v) is 3.51. The molecule has 1 atom stereocenters. The number of anilines is 1. The van der Waals surface area contributed by atoms with Crippen molar-refractivity contribution in [2.75, 3.05) is 11.9 Å². The highest BCUT2D eigenvalue weighted by Crippen LogP contribution is 2.34. The van der Waals surface area contributed by atoms with Crippen molar-refractivity contribution >= 4 is 58.3 Å². The number of urea groups is 1. The third-order valence-corrected chi connectivity index (χ3v) is 5.21. The predicted octanol–water partition coefficient (Wildman–Crippen LogP) is 3.85. The minimum Gasteiger partial charge on any atom is -0.289 e. The second-order valence-corrected chi connectivity index (χ2v) is 8.85. The number of para-hydroxylation sites is 1. The number of carbonyl (C=O) groups is 2. The van der Waals surface area contributed by atoms with E-state index in [0.29, 0.717) is 0 Å². The van der Waals surface area contributed by atoms with Crippen LogP contribution in [0.2, 0.25) is 0 Å². The van der Waals surface area contributed by atoms with Crippen LogP contribution in [-0.4, -0.2) is 45.7 Å². The lowest BCUT2D eigenvalue weighted by atomic mass is 10.2. The summed E-state index contributed by atoms with van der Waals surface area (Å²) < 4.78 is 12.4. The highest BCUT2D eigenvalue weighted by Gasteiger charge is 2.45. The number of hydrogen-bond acceptors (Lipinski definition) is 4. The van der Waals surface area contributed by atoms with Gasteiger partial charge in [0.2, 0.25) is 9.63 Å². The molecular weight excluding hydrogens is 418 g/mol. The molecule has 1 saturated carbocycles. The van der Waals surface area contributed by atoms with Gasteiger partial charge in [0.05, 0.1) is 5.69 Å². The Hall–Kier alpha value is -1.41. The number of likely N-dealkylation sites (N-methyl/N-ethyl adjacent to an activating group) is 1. The number of hydrogen-bond donors (Lipinski definition) is 1. The molecule has 1 aromatic carbocycles. The van der Waals surface area contributed by atoms with E-state index in [2.05, 4.69) is 10.3 Å². The molecule has 3 amide bonds. The molecule has 1 saturated heterocycles. The maximum absolute atomic E-state index is 14.3. The number of amides is 3. The van der Waals surface area contributed by atoms with Crippen LogP contribution in [0.15, 0.2) is 29.3 Å². The molecule has 3 rings (SSSR count). The van der Waals surface area contributed by atoms with Gasteiger partial charge in [-0.05, 0) is 25.0 Å². The Morgan fingerprint density at radius 1 is 1.22 bits per heavy atom. The first-order chi connectivity index (χ1) is 12.7. The fourth-order valence-electron chi connectivity index (χ4n) is 3.18.